The molecule has 138 valence electrons. The lowest BCUT2D eigenvalue weighted by atomic mass is 10.0. The Morgan fingerprint density at radius 1 is 1.19 bits per heavy atom. The van der Waals surface area contributed by atoms with Crippen molar-refractivity contribution in [3.05, 3.63) is 63.5 Å². The molecule has 8 nitrogen and oxygen atoms in total. The van der Waals surface area contributed by atoms with Crippen molar-refractivity contribution in [2.45, 2.75) is 13.3 Å². The van der Waals surface area contributed by atoms with Gasteiger partial charge in [0.2, 0.25) is 5.91 Å². The fourth-order valence-electron chi connectivity index (χ4n) is 2.88. The molecule has 3 rings (SSSR count). The van der Waals surface area contributed by atoms with E-state index in [9.17, 15) is 24.6 Å². The molecule has 2 aromatic carbocycles. The maximum atomic E-state index is 12.4. The number of para-hydroxylation sites is 1. The number of hydrogen-bond acceptors (Lipinski definition) is 6. The second-order valence-corrected chi connectivity index (χ2v) is 5.97. The number of nitrogens with two attached hydrogens (primary N) is 1. The molecule has 0 aliphatic rings. The van der Waals surface area contributed by atoms with E-state index in [1.165, 1.54) is 18.2 Å². The minimum Gasteiger partial charge on any atom is -0.508 e. The lowest BCUT2D eigenvalue weighted by molar-refractivity contribution is -0.115. The van der Waals surface area contributed by atoms with Gasteiger partial charge >= 0.3 is 5.63 Å². The second kappa shape index (κ2) is 6.83. The molecule has 3 aromatic rings. The number of fused-ring (bicyclic) bond motifs is 1. The third kappa shape index (κ3) is 3.45. The summed E-state index contributed by atoms with van der Waals surface area (Å²) in [5, 5.41) is 22.3. The molecule has 1 aromatic heterocycles. The average Bonchev–Trinajstić information content (AvgIpc) is 2.58. The quantitative estimate of drug-likeness (QED) is 0.517. The highest BCUT2D eigenvalue weighted by molar-refractivity contribution is 6.03. The van der Waals surface area contributed by atoms with Crippen LogP contribution in [0, 0.1) is 6.92 Å². The van der Waals surface area contributed by atoms with E-state index in [1.54, 1.807) is 19.1 Å². The van der Waals surface area contributed by atoms with E-state index in [4.69, 9.17) is 10.2 Å². The molecule has 27 heavy (non-hydrogen) atoms. The standard InChI is InChI=1S/C19H16N2O6/c1-9-12(19(26)27-15-7-10(22)6-14(23)17(9)15)8-16(24)21-13-5-3-2-4-11(13)18(20)25/h2-7,22-23H,8H2,1H3,(H2,20,25)(H,21,24). The molecule has 0 saturated heterocycles. The number of amides is 2. The van der Waals surface area contributed by atoms with Crippen molar-refractivity contribution in [2.24, 2.45) is 5.73 Å². The van der Waals surface area contributed by atoms with Gasteiger partial charge in [0, 0.05) is 12.1 Å². The SMILES string of the molecule is Cc1c(CC(=O)Nc2ccccc2C(N)=O)c(=O)oc2cc(O)cc(O)c12. The normalized spacial score (nSPS) is 10.7. The Hall–Kier alpha value is -3.81. The largest absolute Gasteiger partial charge is 0.508 e. The fourth-order valence-corrected chi connectivity index (χ4v) is 2.88. The highest BCUT2D eigenvalue weighted by Crippen LogP contribution is 2.32. The number of primary amides is 1. The predicted octanol–water partition coefficient (Wildman–Crippen LogP) is 1.79. The van der Waals surface area contributed by atoms with Crippen molar-refractivity contribution in [2.75, 3.05) is 5.32 Å². The van der Waals surface area contributed by atoms with Gasteiger partial charge in [-0.3, -0.25) is 9.59 Å². The van der Waals surface area contributed by atoms with Gasteiger partial charge in [-0.15, -0.1) is 0 Å². The molecule has 0 spiro atoms. The lowest BCUT2D eigenvalue weighted by Crippen LogP contribution is -2.22. The van der Waals surface area contributed by atoms with Gasteiger partial charge in [0.25, 0.3) is 5.91 Å². The molecule has 2 amide bonds. The molecule has 0 radical (unpaired) electrons. The Morgan fingerprint density at radius 2 is 1.89 bits per heavy atom. The van der Waals surface area contributed by atoms with Gasteiger partial charge in [-0.05, 0) is 24.6 Å². The van der Waals surface area contributed by atoms with Crippen molar-refractivity contribution < 1.29 is 24.2 Å². The van der Waals surface area contributed by atoms with Crippen LogP contribution in [0.3, 0.4) is 0 Å². The maximum absolute atomic E-state index is 12.4. The number of aryl methyl sites for hydroxylation is 1. The first kappa shape index (κ1) is 18.0. The number of benzene rings is 2. The second-order valence-electron chi connectivity index (χ2n) is 5.97. The molecule has 8 heteroatoms. The number of rotatable bonds is 4. The highest BCUT2D eigenvalue weighted by atomic mass is 16.4. The van der Waals surface area contributed by atoms with Gasteiger partial charge in [0.05, 0.1) is 28.6 Å². The average molecular weight is 368 g/mol. The molecular formula is C19H16N2O6. The minimum absolute atomic E-state index is 0.0123. The van der Waals surface area contributed by atoms with Gasteiger partial charge in [-0.2, -0.15) is 0 Å². The third-order valence-corrected chi connectivity index (χ3v) is 4.15. The van der Waals surface area contributed by atoms with Crippen molar-refractivity contribution in [1.82, 2.24) is 0 Å². The van der Waals surface area contributed by atoms with Gasteiger partial charge in [0.1, 0.15) is 17.1 Å². The zero-order valence-electron chi connectivity index (χ0n) is 14.3. The topological polar surface area (TPSA) is 143 Å². The highest BCUT2D eigenvalue weighted by Gasteiger charge is 2.19. The van der Waals surface area contributed by atoms with Gasteiger partial charge in [-0.25, -0.2) is 4.79 Å². The molecule has 0 unspecified atom stereocenters. The molecule has 0 saturated carbocycles. The summed E-state index contributed by atoms with van der Waals surface area (Å²) in [5.41, 5.74) is 5.31. The summed E-state index contributed by atoms with van der Waals surface area (Å²) < 4.78 is 5.12. The Balaban J connectivity index is 1.97. The van der Waals surface area contributed by atoms with Crippen LogP contribution in [0.2, 0.25) is 0 Å². The Kier molecular flexibility index (Phi) is 4.55. The smallest absolute Gasteiger partial charge is 0.340 e. The number of phenolic OH excluding ortho intramolecular Hbond substituents is 2. The Bertz CT molecular complexity index is 1130. The summed E-state index contributed by atoms with van der Waals surface area (Å²) >= 11 is 0. The molecule has 0 aliphatic carbocycles. The first-order valence-electron chi connectivity index (χ1n) is 7.95. The molecule has 1 heterocycles. The van der Waals surface area contributed by atoms with Gasteiger partial charge in [-0.1, -0.05) is 12.1 Å². The summed E-state index contributed by atoms with van der Waals surface area (Å²) in [4.78, 5) is 36.1. The molecule has 0 bridgehead atoms. The van der Waals surface area contributed by atoms with Crippen LogP contribution in [0.25, 0.3) is 11.0 Å². The molecular weight excluding hydrogens is 352 g/mol. The predicted molar refractivity (Wildman–Crippen MR) is 97.8 cm³/mol. The number of nitrogens with one attached hydrogen (secondary N) is 1. The molecule has 5 N–H and O–H groups in total. The fraction of sp³-hybridized carbons (Fsp3) is 0.105. The van der Waals surface area contributed by atoms with Crippen LogP contribution in [-0.2, 0) is 11.2 Å². The number of carbonyl (C=O) groups excluding carboxylic acids is 2. The van der Waals surface area contributed by atoms with Gasteiger partial charge < -0.3 is 25.7 Å². The zero-order chi connectivity index (χ0) is 19.7. The summed E-state index contributed by atoms with van der Waals surface area (Å²) in [6.45, 7) is 1.57. The number of anilines is 1. The first-order chi connectivity index (χ1) is 12.8. The molecule has 0 atom stereocenters. The van der Waals surface area contributed by atoms with Crippen LogP contribution in [0.15, 0.2) is 45.6 Å². The van der Waals surface area contributed by atoms with Crippen molar-refractivity contribution >= 4 is 28.5 Å². The van der Waals surface area contributed by atoms with E-state index < -0.39 is 17.4 Å². The summed E-state index contributed by atoms with van der Waals surface area (Å²) in [7, 11) is 0. The van der Waals surface area contributed by atoms with Crippen LogP contribution < -0.4 is 16.7 Å². The third-order valence-electron chi connectivity index (χ3n) is 4.15. The van der Waals surface area contributed by atoms with Crippen LogP contribution >= 0.6 is 0 Å². The minimum atomic E-state index is -0.761. The summed E-state index contributed by atoms with van der Waals surface area (Å²) in [6, 6.07) is 8.54. The lowest BCUT2D eigenvalue weighted by Gasteiger charge is -2.11. The van der Waals surface area contributed by atoms with Crippen LogP contribution in [-0.4, -0.2) is 22.0 Å². The Morgan fingerprint density at radius 3 is 2.59 bits per heavy atom. The van der Waals surface area contributed by atoms with Crippen LogP contribution in [0.5, 0.6) is 11.5 Å². The van der Waals surface area contributed by atoms with E-state index >= 15 is 0 Å². The van der Waals surface area contributed by atoms with E-state index in [0.29, 0.717) is 5.56 Å². The summed E-state index contributed by atoms with van der Waals surface area (Å²) in [6.07, 6.45) is -0.336. The van der Waals surface area contributed by atoms with Crippen LogP contribution in [0.4, 0.5) is 5.69 Å². The van der Waals surface area contributed by atoms with E-state index in [0.717, 1.165) is 6.07 Å². The number of hydrogen-bond donors (Lipinski definition) is 4. The van der Waals surface area contributed by atoms with Crippen molar-refractivity contribution in [3.63, 3.8) is 0 Å². The maximum Gasteiger partial charge on any atom is 0.340 e. The van der Waals surface area contributed by atoms with Crippen molar-refractivity contribution in [3.8, 4) is 11.5 Å². The monoisotopic (exact) mass is 368 g/mol. The van der Waals surface area contributed by atoms with Crippen LogP contribution in [0.1, 0.15) is 21.5 Å². The zero-order valence-corrected chi connectivity index (χ0v) is 14.3. The molecule has 0 aliphatic heterocycles. The van der Waals surface area contributed by atoms with E-state index in [-0.39, 0.29) is 45.7 Å². The molecule has 0 fully saturated rings. The Labute approximate surface area is 152 Å². The van der Waals surface area contributed by atoms with E-state index in [1.807, 2.05) is 0 Å². The summed E-state index contributed by atoms with van der Waals surface area (Å²) in [5.74, 6) is -1.78. The number of phenols is 2. The number of carbonyl (C=O) groups is 2. The van der Waals surface area contributed by atoms with Crippen molar-refractivity contribution in [1.29, 1.82) is 0 Å². The van der Waals surface area contributed by atoms with E-state index in [2.05, 4.69) is 5.32 Å². The number of aromatic hydroxyl groups is 2. The van der Waals surface area contributed by atoms with Gasteiger partial charge in [0.15, 0.2) is 0 Å². The first-order valence-corrected chi connectivity index (χ1v) is 7.95.